The number of hydrogen-bond acceptors (Lipinski definition) is 5. The van der Waals surface area contributed by atoms with E-state index in [4.69, 9.17) is 5.73 Å². The van der Waals surface area contributed by atoms with Gasteiger partial charge in [-0.25, -0.2) is 0 Å². The third kappa shape index (κ3) is 2.76. The monoisotopic (exact) mass is 368 g/mol. The summed E-state index contributed by atoms with van der Waals surface area (Å²) in [5, 5.41) is 2.34. The molecule has 1 saturated carbocycles. The quantitative estimate of drug-likeness (QED) is 0.758. The van der Waals surface area contributed by atoms with Crippen LogP contribution in [0.5, 0.6) is 0 Å². The van der Waals surface area contributed by atoms with Gasteiger partial charge >= 0.3 is 0 Å². The second kappa shape index (κ2) is 5.87. The van der Waals surface area contributed by atoms with E-state index in [-0.39, 0.29) is 29.7 Å². The molecule has 2 bridgehead atoms. The SMILES string of the molecule is NC12CCC(C1)N(Cc1ccc3c(c1)C(=O)N(C1CCC(=O)NC1=O)C3)C2. The molecule has 7 heteroatoms. The van der Waals surface area contributed by atoms with Crippen molar-refractivity contribution in [3.63, 3.8) is 0 Å². The molecule has 3 fully saturated rings. The van der Waals surface area contributed by atoms with E-state index in [0.717, 1.165) is 43.5 Å². The summed E-state index contributed by atoms with van der Waals surface area (Å²) >= 11 is 0. The molecule has 0 radical (unpaired) electrons. The van der Waals surface area contributed by atoms with Crippen molar-refractivity contribution in [2.75, 3.05) is 6.54 Å². The number of carbonyl (C=O) groups excluding carboxylic acids is 3. The molecule has 4 aliphatic rings. The normalized spacial score (nSPS) is 32.9. The fraction of sp³-hybridized carbons (Fsp3) is 0.550. The highest BCUT2D eigenvalue weighted by atomic mass is 16.2. The van der Waals surface area contributed by atoms with E-state index < -0.39 is 6.04 Å². The van der Waals surface area contributed by atoms with Gasteiger partial charge in [-0.15, -0.1) is 0 Å². The molecule has 3 heterocycles. The van der Waals surface area contributed by atoms with Gasteiger partial charge in [0.1, 0.15) is 6.04 Å². The summed E-state index contributed by atoms with van der Waals surface area (Å²) in [5.74, 6) is -0.742. The first-order valence-electron chi connectivity index (χ1n) is 9.71. The van der Waals surface area contributed by atoms with Crippen LogP contribution in [-0.4, -0.2) is 51.7 Å². The number of fused-ring (bicyclic) bond motifs is 3. The average Bonchev–Trinajstić information content (AvgIpc) is 3.26. The van der Waals surface area contributed by atoms with E-state index in [2.05, 4.69) is 16.3 Å². The Bertz CT molecular complexity index is 854. The van der Waals surface area contributed by atoms with Crippen LogP contribution in [-0.2, 0) is 22.7 Å². The minimum absolute atomic E-state index is 0.0280. The van der Waals surface area contributed by atoms with Gasteiger partial charge in [-0.3, -0.25) is 24.6 Å². The van der Waals surface area contributed by atoms with Crippen LogP contribution < -0.4 is 11.1 Å². The minimum atomic E-state index is -0.558. The van der Waals surface area contributed by atoms with Crippen molar-refractivity contribution in [1.82, 2.24) is 15.1 Å². The van der Waals surface area contributed by atoms with Gasteiger partial charge in [0.25, 0.3) is 5.91 Å². The maximum atomic E-state index is 12.9. The van der Waals surface area contributed by atoms with Crippen molar-refractivity contribution in [3.8, 4) is 0 Å². The van der Waals surface area contributed by atoms with Crippen molar-refractivity contribution < 1.29 is 14.4 Å². The molecule has 3 amide bonds. The summed E-state index contributed by atoms with van der Waals surface area (Å²) in [6.45, 7) is 2.16. The van der Waals surface area contributed by atoms with E-state index in [1.165, 1.54) is 0 Å². The highest BCUT2D eigenvalue weighted by Gasteiger charge is 2.46. The van der Waals surface area contributed by atoms with Gasteiger partial charge in [0.15, 0.2) is 0 Å². The van der Waals surface area contributed by atoms with Crippen molar-refractivity contribution in [3.05, 3.63) is 34.9 Å². The molecule has 7 nitrogen and oxygen atoms in total. The number of amides is 3. The van der Waals surface area contributed by atoms with Crippen molar-refractivity contribution >= 4 is 17.7 Å². The van der Waals surface area contributed by atoms with E-state index >= 15 is 0 Å². The Hall–Kier alpha value is -2.25. The molecule has 3 aliphatic heterocycles. The molecular weight excluding hydrogens is 344 g/mol. The number of imide groups is 1. The number of hydrogen-bond donors (Lipinski definition) is 2. The Morgan fingerprint density at radius 2 is 2.07 bits per heavy atom. The molecule has 3 N–H and O–H groups in total. The first-order valence-corrected chi connectivity index (χ1v) is 9.71. The summed E-state index contributed by atoms with van der Waals surface area (Å²) in [4.78, 5) is 40.5. The lowest BCUT2D eigenvalue weighted by Crippen LogP contribution is -2.52. The second-order valence-electron chi connectivity index (χ2n) is 8.56. The fourth-order valence-corrected chi connectivity index (χ4v) is 5.24. The zero-order chi connectivity index (χ0) is 18.8. The Kier molecular flexibility index (Phi) is 3.67. The molecular formula is C20H24N4O3. The highest BCUT2D eigenvalue weighted by Crippen LogP contribution is 2.40. The third-order valence-electron chi connectivity index (χ3n) is 6.63. The number of nitrogens with two attached hydrogens (primary N) is 1. The zero-order valence-corrected chi connectivity index (χ0v) is 15.2. The van der Waals surface area contributed by atoms with E-state index in [9.17, 15) is 14.4 Å². The van der Waals surface area contributed by atoms with Crippen molar-refractivity contribution in [2.24, 2.45) is 5.73 Å². The number of likely N-dealkylation sites (tertiary alicyclic amines) is 1. The molecule has 1 aromatic rings. The van der Waals surface area contributed by atoms with E-state index in [1.54, 1.807) is 4.90 Å². The molecule has 1 aliphatic carbocycles. The van der Waals surface area contributed by atoms with E-state index in [0.29, 0.717) is 24.6 Å². The van der Waals surface area contributed by atoms with Gasteiger partial charge in [0.2, 0.25) is 11.8 Å². The largest absolute Gasteiger partial charge is 0.324 e. The zero-order valence-electron chi connectivity index (χ0n) is 15.2. The fourth-order valence-electron chi connectivity index (χ4n) is 5.24. The van der Waals surface area contributed by atoms with Crippen LogP contribution in [0, 0.1) is 0 Å². The summed E-state index contributed by atoms with van der Waals surface area (Å²) in [5.41, 5.74) is 9.14. The van der Waals surface area contributed by atoms with Gasteiger partial charge in [0, 0.05) is 43.2 Å². The third-order valence-corrected chi connectivity index (χ3v) is 6.63. The van der Waals surface area contributed by atoms with Crippen LogP contribution in [0.15, 0.2) is 18.2 Å². The molecule has 0 spiro atoms. The molecule has 5 rings (SSSR count). The number of carbonyl (C=O) groups is 3. The lowest BCUT2D eigenvalue weighted by Gasteiger charge is -2.30. The lowest BCUT2D eigenvalue weighted by molar-refractivity contribution is -0.136. The first kappa shape index (κ1) is 16.9. The van der Waals surface area contributed by atoms with Crippen LogP contribution in [0.4, 0.5) is 0 Å². The number of nitrogens with zero attached hydrogens (tertiary/aromatic N) is 2. The lowest BCUT2D eigenvalue weighted by atomic mass is 10.0. The molecule has 0 aromatic heterocycles. The molecule has 3 atom stereocenters. The molecule has 27 heavy (non-hydrogen) atoms. The Morgan fingerprint density at radius 1 is 1.22 bits per heavy atom. The number of rotatable bonds is 3. The van der Waals surface area contributed by atoms with Crippen LogP contribution in [0.2, 0.25) is 0 Å². The topological polar surface area (TPSA) is 95.7 Å². The summed E-state index contributed by atoms with van der Waals surface area (Å²) in [7, 11) is 0. The van der Waals surface area contributed by atoms with Gasteiger partial charge in [-0.05, 0) is 42.9 Å². The first-order chi connectivity index (χ1) is 12.9. The smallest absolute Gasteiger partial charge is 0.255 e. The number of piperidine rings is 2. The van der Waals surface area contributed by atoms with Crippen molar-refractivity contribution in [2.45, 2.75) is 62.8 Å². The predicted octanol–water partition coefficient (Wildman–Crippen LogP) is 0.513. The highest BCUT2D eigenvalue weighted by molar-refractivity contribution is 6.05. The van der Waals surface area contributed by atoms with Gasteiger partial charge in [-0.2, -0.15) is 0 Å². The van der Waals surface area contributed by atoms with Crippen LogP contribution in [0.1, 0.15) is 53.6 Å². The average molecular weight is 368 g/mol. The molecule has 1 aromatic carbocycles. The Labute approximate surface area is 157 Å². The maximum Gasteiger partial charge on any atom is 0.255 e. The molecule has 142 valence electrons. The molecule has 3 unspecified atom stereocenters. The van der Waals surface area contributed by atoms with Crippen LogP contribution >= 0.6 is 0 Å². The van der Waals surface area contributed by atoms with Gasteiger partial charge in [0.05, 0.1) is 0 Å². The van der Waals surface area contributed by atoms with Gasteiger partial charge < -0.3 is 10.6 Å². The Morgan fingerprint density at radius 3 is 2.78 bits per heavy atom. The van der Waals surface area contributed by atoms with Crippen molar-refractivity contribution in [1.29, 1.82) is 0 Å². The van der Waals surface area contributed by atoms with Crippen LogP contribution in [0.25, 0.3) is 0 Å². The number of benzene rings is 1. The van der Waals surface area contributed by atoms with E-state index in [1.807, 2.05) is 12.1 Å². The number of nitrogens with one attached hydrogen (secondary N) is 1. The molecule has 2 saturated heterocycles. The van der Waals surface area contributed by atoms with Crippen LogP contribution in [0.3, 0.4) is 0 Å². The predicted molar refractivity (Wildman–Crippen MR) is 97.5 cm³/mol. The summed E-state index contributed by atoms with van der Waals surface area (Å²) in [6, 6.07) is 6.05. The maximum absolute atomic E-state index is 12.9. The standard InChI is InChI=1S/C20H24N4O3/c21-20-6-5-14(8-20)23(11-20)9-12-1-2-13-10-24(19(27)15(13)7-12)16-3-4-17(25)22-18(16)26/h1-2,7,14,16H,3-6,8-11,21H2,(H,22,25,26). The summed E-state index contributed by atoms with van der Waals surface area (Å²) in [6.07, 6.45) is 4.01. The van der Waals surface area contributed by atoms with Gasteiger partial charge in [-0.1, -0.05) is 12.1 Å². The Balaban J connectivity index is 1.33. The second-order valence-corrected chi connectivity index (χ2v) is 8.56. The summed E-state index contributed by atoms with van der Waals surface area (Å²) < 4.78 is 0. The minimum Gasteiger partial charge on any atom is -0.324 e.